The number of hydrogen-bond donors (Lipinski definition) is 0. The second-order valence-corrected chi connectivity index (χ2v) is 6.53. The van der Waals surface area contributed by atoms with Crippen LogP contribution in [0.4, 0.5) is 0 Å². The molecule has 0 aliphatic heterocycles. The molecular weight excluding hydrogens is 272 g/mol. The Labute approximate surface area is 130 Å². The molecule has 0 radical (unpaired) electrons. The number of carbonyl (C=O) groups is 1. The maximum Gasteiger partial charge on any atom is 0.162 e. The maximum absolute atomic E-state index is 12.7. The summed E-state index contributed by atoms with van der Waals surface area (Å²) in [6, 6.07) is 6.02. The van der Waals surface area contributed by atoms with Gasteiger partial charge in [-0.2, -0.15) is 0 Å². The van der Waals surface area contributed by atoms with Crippen molar-refractivity contribution in [2.24, 2.45) is 11.8 Å². The van der Waals surface area contributed by atoms with Gasteiger partial charge in [0.05, 0.1) is 11.0 Å². The van der Waals surface area contributed by atoms with Gasteiger partial charge < -0.3 is 0 Å². The SMILES string of the molecule is O=C1/C(=C/c2ccc3nccnc3c2)CCC1C1CCCC1. The molecule has 0 amide bonds. The Hall–Kier alpha value is -2.03. The number of carbonyl (C=O) groups excluding carboxylic acids is 1. The Morgan fingerprint density at radius 3 is 2.59 bits per heavy atom. The monoisotopic (exact) mass is 292 g/mol. The van der Waals surface area contributed by atoms with E-state index in [9.17, 15) is 4.79 Å². The van der Waals surface area contributed by atoms with Crippen LogP contribution in [0.2, 0.25) is 0 Å². The lowest BCUT2D eigenvalue weighted by Crippen LogP contribution is -2.16. The molecule has 22 heavy (non-hydrogen) atoms. The zero-order valence-corrected chi connectivity index (χ0v) is 12.7. The lowest BCUT2D eigenvalue weighted by Gasteiger charge is -2.15. The van der Waals surface area contributed by atoms with Gasteiger partial charge in [0, 0.05) is 18.3 Å². The van der Waals surface area contributed by atoms with Gasteiger partial charge in [0.25, 0.3) is 0 Å². The van der Waals surface area contributed by atoms with Crippen molar-refractivity contribution in [3.63, 3.8) is 0 Å². The molecular formula is C19H20N2O. The van der Waals surface area contributed by atoms with Gasteiger partial charge in [-0.3, -0.25) is 14.8 Å². The minimum absolute atomic E-state index is 0.286. The second kappa shape index (κ2) is 5.64. The maximum atomic E-state index is 12.7. The van der Waals surface area contributed by atoms with Gasteiger partial charge in [-0.05, 0) is 60.9 Å². The third-order valence-electron chi connectivity index (χ3n) is 5.18. The Morgan fingerprint density at radius 1 is 1.00 bits per heavy atom. The van der Waals surface area contributed by atoms with Gasteiger partial charge in [0.15, 0.2) is 5.78 Å². The number of rotatable bonds is 2. The van der Waals surface area contributed by atoms with E-state index in [0.29, 0.717) is 11.7 Å². The number of Topliss-reactive ketones (excluding diaryl/α,β-unsaturated/α-hetero) is 1. The smallest absolute Gasteiger partial charge is 0.162 e. The van der Waals surface area contributed by atoms with Crippen LogP contribution < -0.4 is 0 Å². The van der Waals surface area contributed by atoms with Crippen LogP contribution in [-0.4, -0.2) is 15.8 Å². The Kier molecular flexibility index (Phi) is 3.49. The number of benzene rings is 1. The molecule has 3 nitrogen and oxygen atoms in total. The van der Waals surface area contributed by atoms with Crippen LogP contribution in [0, 0.1) is 11.8 Å². The summed E-state index contributed by atoms with van der Waals surface area (Å²) in [6.45, 7) is 0. The highest BCUT2D eigenvalue weighted by molar-refractivity contribution is 6.03. The molecule has 0 saturated heterocycles. The van der Waals surface area contributed by atoms with Crippen LogP contribution in [0.1, 0.15) is 44.1 Å². The second-order valence-electron chi connectivity index (χ2n) is 6.53. The molecule has 3 heteroatoms. The summed E-state index contributed by atoms with van der Waals surface area (Å²) in [7, 11) is 0. The summed E-state index contributed by atoms with van der Waals surface area (Å²) in [5.74, 6) is 1.32. The van der Waals surface area contributed by atoms with Crippen LogP contribution >= 0.6 is 0 Å². The van der Waals surface area contributed by atoms with Crippen molar-refractivity contribution >= 4 is 22.9 Å². The van der Waals surface area contributed by atoms with Crippen molar-refractivity contribution in [2.75, 3.05) is 0 Å². The van der Waals surface area contributed by atoms with Crippen molar-refractivity contribution in [3.8, 4) is 0 Å². The van der Waals surface area contributed by atoms with Gasteiger partial charge in [0.1, 0.15) is 0 Å². The van der Waals surface area contributed by atoms with Gasteiger partial charge >= 0.3 is 0 Å². The number of nitrogens with zero attached hydrogens (tertiary/aromatic N) is 2. The number of aromatic nitrogens is 2. The van der Waals surface area contributed by atoms with Crippen LogP contribution in [-0.2, 0) is 4.79 Å². The first-order valence-corrected chi connectivity index (χ1v) is 8.27. The van der Waals surface area contributed by atoms with E-state index in [1.54, 1.807) is 12.4 Å². The molecule has 1 unspecified atom stereocenters. The molecule has 1 aromatic heterocycles. The topological polar surface area (TPSA) is 42.9 Å². The molecule has 0 spiro atoms. The highest BCUT2D eigenvalue weighted by Gasteiger charge is 2.36. The summed E-state index contributed by atoms with van der Waals surface area (Å²) >= 11 is 0. The van der Waals surface area contributed by atoms with Crippen molar-refractivity contribution in [2.45, 2.75) is 38.5 Å². The van der Waals surface area contributed by atoms with Crippen LogP contribution in [0.25, 0.3) is 17.1 Å². The average molecular weight is 292 g/mol. The third-order valence-corrected chi connectivity index (χ3v) is 5.18. The predicted molar refractivity (Wildman–Crippen MR) is 87.2 cm³/mol. The summed E-state index contributed by atoms with van der Waals surface area (Å²) in [6.07, 6.45) is 12.5. The van der Waals surface area contributed by atoms with E-state index < -0.39 is 0 Å². The quantitative estimate of drug-likeness (QED) is 0.780. The van der Waals surface area contributed by atoms with E-state index in [4.69, 9.17) is 0 Å². The Balaban J connectivity index is 1.60. The summed E-state index contributed by atoms with van der Waals surface area (Å²) in [5.41, 5.74) is 3.84. The summed E-state index contributed by atoms with van der Waals surface area (Å²) < 4.78 is 0. The Morgan fingerprint density at radius 2 is 1.77 bits per heavy atom. The fourth-order valence-corrected chi connectivity index (χ4v) is 4.03. The molecule has 1 aromatic carbocycles. The van der Waals surface area contributed by atoms with E-state index in [2.05, 4.69) is 16.0 Å². The number of hydrogen-bond acceptors (Lipinski definition) is 3. The normalized spacial score (nSPS) is 24.6. The third kappa shape index (κ3) is 2.45. The molecule has 0 bridgehead atoms. The van der Waals surface area contributed by atoms with E-state index in [1.807, 2.05) is 18.2 Å². The highest BCUT2D eigenvalue weighted by atomic mass is 16.1. The molecule has 2 saturated carbocycles. The first-order chi connectivity index (χ1) is 10.8. The first-order valence-electron chi connectivity index (χ1n) is 8.27. The fraction of sp³-hybridized carbons (Fsp3) is 0.421. The van der Waals surface area contributed by atoms with Crippen molar-refractivity contribution in [3.05, 3.63) is 41.7 Å². The Bertz CT molecular complexity index is 744. The van der Waals surface area contributed by atoms with E-state index in [1.165, 1.54) is 25.7 Å². The average Bonchev–Trinajstić information content (AvgIpc) is 3.18. The van der Waals surface area contributed by atoms with Gasteiger partial charge in [-0.1, -0.05) is 18.9 Å². The van der Waals surface area contributed by atoms with Gasteiger partial charge in [-0.15, -0.1) is 0 Å². The van der Waals surface area contributed by atoms with Gasteiger partial charge in [0.2, 0.25) is 0 Å². The molecule has 112 valence electrons. The zero-order valence-electron chi connectivity index (χ0n) is 12.7. The van der Waals surface area contributed by atoms with E-state index in [-0.39, 0.29) is 5.92 Å². The molecule has 2 aromatic rings. The number of allylic oxidation sites excluding steroid dienone is 1. The molecule has 2 aliphatic carbocycles. The van der Waals surface area contributed by atoms with Crippen molar-refractivity contribution in [1.29, 1.82) is 0 Å². The first kappa shape index (κ1) is 13.6. The fourth-order valence-electron chi connectivity index (χ4n) is 4.03. The van der Waals surface area contributed by atoms with Gasteiger partial charge in [-0.25, -0.2) is 0 Å². The van der Waals surface area contributed by atoms with Crippen LogP contribution in [0.3, 0.4) is 0 Å². The lowest BCUT2D eigenvalue weighted by molar-refractivity contribution is -0.119. The molecule has 0 N–H and O–H groups in total. The molecule has 4 rings (SSSR count). The van der Waals surface area contributed by atoms with Crippen molar-refractivity contribution < 1.29 is 4.79 Å². The summed E-state index contributed by atoms with van der Waals surface area (Å²) in [4.78, 5) is 21.3. The molecule has 1 atom stereocenters. The lowest BCUT2D eigenvalue weighted by atomic mass is 9.88. The molecule has 2 aliphatic rings. The minimum Gasteiger partial charge on any atom is -0.294 e. The largest absolute Gasteiger partial charge is 0.294 e. The molecule has 2 fully saturated rings. The standard InChI is InChI=1S/C19H20N2O/c22-19-15(6-7-16(19)14-3-1-2-4-14)11-13-5-8-17-18(12-13)21-10-9-20-17/h5,8-12,14,16H,1-4,6-7H2/b15-11+. The van der Waals surface area contributed by atoms with Crippen LogP contribution in [0.15, 0.2) is 36.2 Å². The minimum atomic E-state index is 0.286. The molecule has 1 heterocycles. The predicted octanol–water partition coefficient (Wildman–Crippen LogP) is 4.18. The van der Waals surface area contributed by atoms with Crippen molar-refractivity contribution in [1.82, 2.24) is 9.97 Å². The highest BCUT2D eigenvalue weighted by Crippen LogP contribution is 2.40. The zero-order chi connectivity index (χ0) is 14.9. The summed E-state index contributed by atoms with van der Waals surface area (Å²) in [5, 5.41) is 0. The van der Waals surface area contributed by atoms with Crippen LogP contribution in [0.5, 0.6) is 0 Å². The van der Waals surface area contributed by atoms with E-state index in [0.717, 1.165) is 35.0 Å². The van der Waals surface area contributed by atoms with E-state index >= 15 is 0 Å². The number of ketones is 1. The number of fused-ring (bicyclic) bond motifs is 1.